The molecule has 2 heterocycles. The molecule has 2 aromatic carbocycles. The number of nitrogens with zero attached hydrogens (tertiary/aromatic N) is 3. The molecule has 0 saturated carbocycles. The number of piperidine rings is 2. The second kappa shape index (κ2) is 17.3. The summed E-state index contributed by atoms with van der Waals surface area (Å²) in [5.41, 5.74) is 3.23. The largest absolute Gasteiger partial charge is 0.497 e. The molecule has 0 unspecified atom stereocenters. The summed E-state index contributed by atoms with van der Waals surface area (Å²) in [6.07, 6.45) is 4.96. The summed E-state index contributed by atoms with van der Waals surface area (Å²) in [5, 5.41) is 3.21. The van der Waals surface area contributed by atoms with Crippen molar-refractivity contribution in [3.05, 3.63) is 88.1 Å². The van der Waals surface area contributed by atoms with E-state index in [2.05, 4.69) is 32.0 Å². The number of likely N-dealkylation sites (tertiary alicyclic amines) is 1. The summed E-state index contributed by atoms with van der Waals surface area (Å²) < 4.78 is 5.14. The Hall–Kier alpha value is -3.19. The van der Waals surface area contributed by atoms with Crippen molar-refractivity contribution in [1.29, 1.82) is 0 Å². The van der Waals surface area contributed by atoms with Crippen molar-refractivity contribution in [1.82, 2.24) is 10.2 Å². The normalized spacial score (nSPS) is 16.0. The SMILES string of the molecule is C.Cc1ccc(C=O)cc1.[C-]#[N+]C1CCN(Cc2ccc(OC)cc2)CC1.[C-]#[N+]C1CCNCC1. The van der Waals surface area contributed by atoms with E-state index in [9.17, 15) is 4.79 Å². The van der Waals surface area contributed by atoms with E-state index < -0.39 is 0 Å². The van der Waals surface area contributed by atoms with Crippen molar-refractivity contribution >= 4 is 6.29 Å². The maximum absolute atomic E-state index is 10.1. The van der Waals surface area contributed by atoms with Crippen LogP contribution >= 0.6 is 0 Å². The standard InChI is InChI=1S/C14H18N2O.C8H8O.C6H10N2.CH4/c1-15-13-7-9-16(10-8-13)11-12-3-5-14(17-2)6-4-12;1-7-2-4-8(6-9)5-3-7;1-7-6-2-4-8-5-3-6;/h3-6,13H,7-11H2,2H3;2-6H,1H3;6,8H,2-5H2;1H4. The molecule has 0 amide bonds. The summed E-state index contributed by atoms with van der Waals surface area (Å²) in [5.74, 6) is 0.903. The number of methoxy groups -OCH3 is 1. The average Bonchev–Trinajstić information content (AvgIpc) is 2.91. The summed E-state index contributed by atoms with van der Waals surface area (Å²) in [7, 11) is 1.68. The number of ether oxygens (including phenoxy) is 1. The van der Waals surface area contributed by atoms with Gasteiger partial charge in [0.15, 0.2) is 0 Å². The molecule has 1 N–H and O–H groups in total. The Morgan fingerprint density at radius 2 is 1.49 bits per heavy atom. The lowest BCUT2D eigenvalue weighted by Gasteiger charge is -2.27. The summed E-state index contributed by atoms with van der Waals surface area (Å²) >= 11 is 0. The van der Waals surface area contributed by atoms with Gasteiger partial charge in [0.25, 0.3) is 0 Å². The molecule has 0 aliphatic carbocycles. The van der Waals surface area contributed by atoms with E-state index in [1.165, 1.54) is 11.1 Å². The van der Waals surface area contributed by atoms with Gasteiger partial charge in [-0.1, -0.05) is 49.4 Å². The Labute approximate surface area is 211 Å². The van der Waals surface area contributed by atoms with Crippen LogP contribution in [-0.2, 0) is 6.54 Å². The van der Waals surface area contributed by atoms with Crippen molar-refractivity contribution < 1.29 is 9.53 Å². The fourth-order valence-corrected chi connectivity index (χ4v) is 3.78. The van der Waals surface area contributed by atoms with Crippen LogP contribution in [-0.4, -0.2) is 56.6 Å². The number of aryl methyl sites for hydroxylation is 1. The van der Waals surface area contributed by atoms with Crippen molar-refractivity contribution in [2.75, 3.05) is 33.3 Å². The first-order valence-electron chi connectivity index (χ1n) is 11.9. The van der Waals surface area contributed by atoms with E-state index in [0.29, 0.717) is 6.04 Å². The van der Waals surface area contributed by atoms with Gasteiger partial charge in [0.1, 0.15) is 12.0 Å². The van der Waals surface area contributed by atoms with Crippen molar-refractivity contribution in [3.8, 4) is 5.75 Å². The molecule has 2 fully saturated rings. The van der Waals surface area contributed by atoms with Gasteiger partial charge in [0.05, 0.1) is 7.11 Å². The second-order valence-electron chi connectivity index (χ2n) is 8.62. The zero-order valence-corrected chi connectivity index (χ0v) is 20.4. The quantitative estimate of drug-likeness (QED) is 0.456. The first-order chi connectivity index (χ1) is 16.6. The number of carbonyl (C=O) groups is 1. The molecule has 0 radical (unpaired) electrons. The molecule has 6 nitrogen and oxygen atoms in total. The fraction of sp³-hybridized carbons (Fsp3) is 0.483. The molecule has 0 bridgehead atoms. The number of carbonyl (C=O) groups excluding carboxylic acids is 1. The van der Waals surface area contributed by atoms with E-state index in [-0.39, 0.29) is 13.5 Å². The minimum atomic E-state index is 0. The van der Waals surface area contributed by atoms with Gasteiger partial charge in [-0.05, 0) is 24.6 Å². The molecule has 0 aromatic heterocycles. The first kappa shape index (κ1) is 29.8. The third-order valence-corrected chi connectivity index (χ3v) is 6.01. The number of benzene rings is 2. The van der Waals surface area contributed by atoms with Crippen LogP contribution < -0.4 is 10.1 Å². The van der Waals surface area contributed by atoms with E-state index >= 15 is 0 Å². The lowest BCUT2D eigenvalue weighted by atomic mass is 10.1. The van der Waals surface area contributed by atoms with E-state index in [4.69, 9.17) is 17.9 Å². The molecule has 0 spiro atoms. The Bertz CT molecular complexity index is 915. The van der Waals surface area contributed by atoms with E-state index in [1.807, 2.05) is 43.3 Å². The summed E-state index contributed by atoms with van der Waals surface area (Å²) in [4.78, 5) is 19.6. The minimum Gasteiger partial charge on any atom is -0.497 e. The molecular weight excluding hydrogens is 436 g/mol. The highest BCUT2D eigenvalue weighted by Crippen LogP contribution is 2.17. The lowest BCUT2D eigenvalue weighted by molar-refractivity contribution is 0.112. The highest BCUT2D eigenvalue weighted by atomic mass is 16.5. The van der Waals surface area contributed by atoms with Gasteiger partial charge in [0, 0.05) is 64.0 Å². The van der Waals surface area contributed by atoms with Crippen LogP contribution in [0.5, 0.6) is 5.75 Å². The van der Waals surface area contributed by atoms with Crippen molar-refractivity contribution in [3.63, 3.8) is 0 Å². The van der Waals surface area contributed by atoms with Gasteiger partial charge in [-0.15, -0.1) is 0 Å². The van der Waals surface area contributed by atoms with Gasteiger partial charge in [-0.25, -0.2) is 13.1 Å². The molecule has 35 heavy (non-hydrogen) atoms. The smallest absolute Gasteiger partial charge is 0.226 e. The fourth-order valence-electron chi connectivity index (χ4n) is 3.78. The predicted octanol–water partition coefficient (Wildman–Crippen LogP) is 5.68. The molecule has 0 atom stereocenters. The second-order valence-corrected chi connectivity index (χ2v) is 8.62. The van der Waals surface area contributed by atoms with Crippen molar-refractivity contribution in [2.45, 2.75) is 58.7 Å². The molecule has 2 aliphatic heterocycles. The average molecular weight is 477 g/mol. The van der Waals surface area contributed by atoms with E-state index in [0.717, 1.165) is 76.0 Å². The van der Waals surface area contributed by atoms with Crippen LogP contribution in [0.4, 0.5) is 0 Å². The zero-order valence-electron chi connectivity index (χ0n) is 20.4. The Kier molecular flexibility index (Phi) is 14.7. The number of aldehydes is 1. The Morgan fingerprint density at radius 3 is 1.94 bits per heavy atom. The van der Waals surface area contributed by atoms with Gasteiger partial charge in [-0.3, -0.25) is 9.69 Å². The number of nitrogens with one attached hydrogen (secondary N) is 1. The molecule has 2 aliphatic rings. The summed E-state index contributed by atoms with van der Waals surface area (Å²) in [6.45, 7) is 20.8. The Balaban J connectivity index is 0.000000287. The third kappa shape index (κ3) is 11.7. The molecular formula is C29H40N4O2. The van der Waals surface area contributed by atoms with Gasteiger partial charge in [-0.2, -0.15) is 0 Å². The maximum Gasteiger partial charge on any atom is 0.226 e. The van der Waals surface area contributed by atoms with Gasteiger partial charge >= 0.3 is 0 Å². The van der Waals surface area contributed by atoms with Crippen LogP contribution in [0.1, 0.15) is 54.6 Å². The monoisotopic (exact) mass is 476 g/mol. The molecule has 4 rings (SSSR count). The number of hydrogen-bond donors (Lipinski definition) is 1. The first-order valence-corrected chi connectivity index (χ1v) is 11.9. The van der Waals surface area contributed by atoms with Gasteiger partial charge in [0.2, 0.25) is 12.1 Å². The highest BCUT2D eigenvalue weighted by molar-refractivity contribution is 5.74. The molecule has 188 valence electrons. The number of rotatable bonds is 4. The van der Waals surface area contributed by atoms with Crippen LogP contribution in [0.2, 0.25) is 0 Å². The predicted molar refractivity (Wildman–Crippen MR) is 144 cm³/mol. The van der Waals surface area contributed by atoms with E-state index in [1.54, 1.807) is 7.11 Å². The third-order valence-electron chi connectivity index (χ3n) is 6.01. The van der Waals surface area contributed by atoms with Gasteiger partial charge < -0.3 is 19.7 Å². The van der Waals surface area contributed by atoms with Crippen LogP contribution in [0.3, 0.4) is 0 Å². The number of hydrogen-bond acceptors (Lipinski definition) is 4. The highest BCUT2D eigenvalue weighted by Gasteiger charge is 2.22. The zero-order chi connectivity index (χ0) is 24.6. The maximum atomic E-state index is 10.1. The van der Waals surface area contributed by atoms with Crippen molar-refractivity contribution in [2.24, 2.45) is 0 Å². The van der Waals surface area contributed by atoms with Crippen LogP contribution in [0.25, 0.3) is 9.69 Å². The topological polar surface area (TPSA) is 50.3 Å². The van der Waals surface area contributed by atoms with Crippen LogP contribution in [0, 0.1) is 20.1 Å². The molecule has 6 heteroatoms. The molecule has 2 saturated heterocycles. The van der Waals surface area contributed by atoms with Crippen LogP contribution in [0.15, 0.2) is 48.5 Å². The summed E-state index contributed by atoms with van der Waals surface area (Å²) in [6, 6.07) is 16.2. The Morgan fingerprint density at radius 1 is 0.943 bits per heavy atom. The lowest BCUT2D eigenvalue weighted by Crippen LogP contribution is -2.34. The minimum absolute atomic E-state index is 0. The molecule has 2 aromatic rings.